The molecule has 0 saturated carbocycles. The van der Waals surface area contributed by atoms with Crippen LogP contribution in [0.4, 0.5) is 4.79 Å². The van der Waals surface area contributed by atoms with Gasteiger partial charge in [0.05, 0.1) is 13.0 Å². The zero-order valence-electron chi connectivity index (χ0n) is 10.4. The molecule has 0 aliphatic rings. The van der Waals surface area contributed by atoms with Gasteiger partial charge in [-0.2, -0.15) is 0 Å². The van der Waals surface area contributed by atoms with E-state index < -0.39 is 12.0 Å². The third kappa shape index (κ3) is 5.13. The van der Waals surface area contributed by atoms with Crippen LogP contribution >= 0.6 is 11.3 Å². The Labute approximate surface area is 109 Å². The molecule has 1 rings (SSSR count). The van der Waals surface area contributed by atoms with E-state index in [1.165, 1.54) is 4.88 Å². The molecule has 3 N–H and O–H groups in total. The smallest absolute Gasteiger partial charge is 0.315 e. The molecule has 0 aliphatic heterocycles. The van der Waals surface area contributed by atoms with E-state index in [0.717, 1.165) is 11.4 Å². The molecule has 1 atom stereocenters. The van der Waals surface area contributed by atoms with E-state index in [-0.39, 0.29) is 12.5 Å². The van der Waals surface area contributed by atoms with Gasteiger partial charge in [-0.1, -0.05) is 6.92 Å². The summed E-state index contributed by atoms with van der Waals surface area (Å²) in [5.74, 6) is -0.935. The molecule has 1 aromatic heterocycles. The summed E-state index contributed by atoms with van der Waals surface area (Å²) in [5.41, 5.74) is 0. The second-order valence-electron chi connectivity index (χ2n) is 3.90. The molecule has 7 heteroatoms. The molecule has 1 unspecified atom stereocenters. The fourth-order valence-electron chi connectivity index (χ4n) is 1.34. The van der Waals surface area contributed by atoms with Crippen LogP contribution in [0.1, 0.15) is 30.2 Å². The quantitative estimate of drug-likeness (QED) is 0.728. The van der Waals surface area contributed by atoms with Gasteiger partial charge < -0.3 is 15.7 Å². The molecule has 0 aliphatic carbocycles. The van der Waals surface area contributed by atoms with Crippen molar-refractivity contribution in [1.29, 1.82) is 0 Å². The fourth-order valence-corrected chi connectivity index (χ4v) is 2.14. The second kappa shape index (κ2) is 6.95. The molecule has 0 bridgehead atoms. The van der Waals surface area contributed by atoms with Crippen LogP contribution < -0.4 is 10.6 Å². The van der Waals surface area contributed by atoms with Gasteiger partial charge >= 0.3 is 12.0 Å². The largest absolute Gasteiger partial charge is 0.481 e. The minimum atomic E-state index is -0.935. The average molecular weight is 271 g/mol. The maximum absolute atomic E-state index is 11.4. The Morgan fingerprint density at radius 2 is 2.28 bits per heavy atom. The van der Waals surface area contributed by atoms with Gasteiger partial charge in [0.15, 0.2) is 0 Å². The van der Waals surface area contributed by atoms with Crippen molar-refractivity contribution in [3.8, 4) is 0 Å². The molecule has 6 nitrogen and oxygen atoms in total. The zero-order chi connectivity index (χ0) is 13.5. The van der Waals surface area contributed by atoms with Crippen molar-refractivity contribution in [2.75, 3.05) is 0 Å². The SMILES string of the molecule is CCc1cnc(CNC(=O)NC(C)CC(=O)O)s1. The number of aromatic nitrogens is 1. The van der Waals surface area contributed by atoms with Crippen molar-refractivity contribution < 1.29 is 14.7 Å². The molecule has 18 heavy (non-hydrogen) atoms. The van der Waals surface area contributed by atoms with E-state index in [9.17, 15) is 9.59 Å². The number of urea groups is 1. The van der Waals surface area contributed by atoms with Crippen molar-refractivity contribution in [2.24, 2.45) is 0 Å². The lowest BCUT2D eigenvalue weighted by molar-refractivity contribution is -0.137. The summed E-state index contributed by atoms with van der Waals surface area (Å²) in [6, 6.07) is -0.776. The summed E-state index contributed by atoms with van der Waals surface area (Å²) >= 11 is 1.56. The molecule has 1 heterocycles. The molecule has 0 radical (unpaired) electrons. The number of carboxylic acid groups (broad SMARTS) is 1. The van der Waals surface area contributed by atoms with Crippen LogP contribution in [0, 0.1) is 0 Å². The number of rotatable bonds is 6. The normalized spacial score (nSPS) is 11.9. The molecular weight excluding hydrogens is 254 g/mol. The number of carbonyl (C=O) groups is 2. The predicted molar refractivity (Wildman–Crippen MR) is 68.6 cm³/mol. The molecule has 0 spiro atoms. The van der Waals surface area contributed by atoms with E-state index in [1.54, 1.807) is 24.5 Å². The first-order valence-electron chi connectivity index (χ1n) is 5.71. The topological polar surface area (TPSA) is 91.3 Å². The molecule has 0 saturated heterocycles. The number of aryl methyl sites for hydroxylation is 1. The van der Waals surface area contributed by atoms with Crippen LogP contribution in [0.25, 0.3) is 0 Å². The van der Waals surface area contributed by atoms with Crippen molar-refractivity contribution in [2.45, 2.75) is 39.3 Å². The van der Waals surface area contributed by atoms with Gasteiger partial charge in [0.25, 0.3) is 0 Å². The molecule has 0 aromatic carbocycles. The highest BCUT2D eigenvalue weighted by Gasteiger charge is 2.10. The Kier molecular flexibility index (Phi) is 5.57. The molecular formula is C11H17N3O3S. The third-order valence-electron chi connectivity index (χ3n) is 2.21. The summed E-state index contributed by atoms with van der Waals surface area (Å²) in [5, 5.41) is 14.6. The first-order chi connectivity index (χ1) is 8.51. The Hall–Kier alpha value is -1.63. The van der Waals surface area contributed by atoms with Crippen molar-refractivity contribution >= 4 is 23.3 Å². The number of nitrogens with zero attached hydrogens (tertiary/aromatic N) is 1. The first-order valence-corrected chi connectivity index (χ1v) is 6.52. The van der Waals surface area contributed by atoms with E-state index in [2.05, 4.69) is 15.6 Å². The average Bonchev–Trinajstić information content (AvgIpc) is 2.72. The Balaban J connectivity index is 2.30. The number of hydrogen-bond acceptors (Lipinski definition) is 4. The molecule has 100 valence electrons. The van der Waals surface area contributed by atoms with E-state index in [4.69, 9.17) is 5.11 Å². The number of aliphatic carboxylic acids is 1. The van der Waals surface area contributed by atoms with Crippen molar-refractivity contribution in [3.05, 3.63) is 16.1 Å². The van der Waals surface area contributed by atoms with Crippen LogP contribution in [0.15, 0.2) is 6.20 Å². The van der Waals surface area contributed by atoms with Crippen molar-refractivity contribution in [1.82, 2.24) is 15.6 Å². The van der Waals surface area contributed by atoms with E-state index in [0.29, 0.717) is 6.54 Å². The van der Waals surface area contributed by atoms with Gasteiger partial charge in [-0.15, -0.1) is 11.3 Å². The lowest BCUT2D eigenvalue weighted by Gasteiger charge is -2.11. The predicted octanol–water partition coefficient (Wildman–Crippen LogP) is 1.37. The highest BCUT2D eigenvalue weighted by Crippen LogP contribution is 2.12. The number of nitrogens with one attached hydrogen (secondary N) is 2. The van der Waals surface area contributed by atoms with Crippen LogP contribution in [-0.2, 0) is 17.8 Å². The van der Waals surface area contributed by atoms with Crippen molar-refractivity contribution in [3.63, 3.8) is 0 Å². The number of carboxylic acids is 1. The highest BCUT2D eigenvalue weighted by atomic mass is 32.1. The maximum Gasteiger partial charge on any atom is 0.315 e. The molecule has 0 fully saturated rings. The van der Waals surface area contributed by atoms with Gasteiger partial charge in [-0.05, 0) is 13.3 Å². The zero-order valence-corrected chi connectivity index (χ0v) is 11.2. The Morgan fingerprint density at radius 3 is 2.83 bits per heavy atom. The number of thiazole rings is 1. The number of carbonyl (C=O) groups excluding carboxylic acids is 1. The minimum Gasteiger partial charge on any atom is -0.481 e. The second-order valence-corrected chi connectivity index (χ2v) is 5.10. The highest BCUT2D eigenvalue weighted by molar-refractivity contribution is 7.11. The number of amides is 2. The first kappa shape index (κ1) is 14.4. The lowest BCUT2D eigenvalue weighted by atomic mass is 10.2. The lowest BCUT2D eigenvalue weighted by Crippen LogP contribution is -2.41. The maximum atomic E-state index is 11.4. The van der Waals surface area contributed by atoms with Crippen LogP contribution in [-0.4, -0.2) is 28.1 Å². The van der Waals surface area contributed by atoms with Crippen LogP contribution in [0.2, 0.25) is 0 Å². The summed E-state index contributed by atoms with van der Waals surface area (Å²) < 4.78 is 0. The van der Waals surface area contributed by atoms with Gasteiger partial charge in [-0.25, -0.2) is 9.78 Å². The van der Waals surface area contributed by atoms with Gasteiger partial charge in [0.2, 0.25) is 0 Å². The third-order valence-corrected chi connectivity index (χ3v) is 3.35. The van der Waals surface area contributed by atoms with Gasteiger partial charge in [0, 0.05) is 17.1 Å². The fraction of sp³-hybridized carbons (Fsp3) is 0.545. The molecule has 1 aromatic rings. The monoisotopic (exact) mass is 271 g/mol. The summed E-state index contributed by atoms with van der Waals surface area (Å²) in [7, 11) is 0. The summed E-state index contributed by atoms with van der Waals surface area (Å²) in [6.45, 7) is 4.05. The summed E-state index contributed by atoms with van der Waals surface area (Å²) in [6.07, 6.45) is 2.64. The van der Waals surface area contributed by atoms with Crippen LogP contribution in [0.3, 0.4) is 0 Å². The van der Waals surface area contributed by atoms with E-state index >= 15 is 0 Å². The number of hydrogen-bond donors (Lipinski definition) is 3. The van der Waals surface area contributed by atoms with Gasteiger partial charge in [-0.3, -0.25) is 4.79 Å². The van der Waals surface area contributed by atoms with E-state index in [1.807, 2.05) is 6.92 Å². The van der Waals surface area contributed by atoms with Crippen LogP contribution in [0.5, 0.6) is 0 Å². The van der Waals surface area contributed by atoms with Gasteiger partial charge in [0.1, 0.15) is 5.01 Å². The Morgan fingerprint density at radius 1 is 1.56 bits per heavy atom. The minimum absolute atomic E-state index is 0.0926. The Bertz CT molecular complexity index is 419. The summed E-state index contributed by atoms with van der Waals surface area (Å²) in [4.78, 5) is 27.2. The standard InChI is InChI=1S/C11H17N3O3S/c1-3-8-5-12-9(18-8)6-13-11(17)14-7(2)4-10(15)16/h5,7H,3-4,6H2,1-2H3,(H,15,16)(H2,13,14,17). The molecule has 2 amide bonds.